The second-order valence-corrected chi connectivity index (χ2v) is 4.76. The van der Waals surface area contributed by atoms with E-state index >= 15 is 0 Å². The molecule has 0 saturated carbocycles. The molecule has 0 spiro atoms. The van der Waals surface area contributed by atoms with Crippen LogP contribution in [0.4, 0.5) is 0 Å². The zero-order valence-electron chi connectivity index (χ0n) is 7.10. The quantitative estimate of drug-likeness (QED) is 0.844. The van der Waals surface area contributed by atoms with Crippen LogP contribution in [-0.2, 0) is 0 Å². The Morgan fingerprint density at radius 2 is 2.17 bits per heavy atom. The molecule has 68 valence electrons. The first-order chi connectivity index (χ1) is 5.57. The molecule has 4 heteroatoms. The molecule has 1 aromatic heterocycles. The van der Waals surface area contributed by atoms with Crippen LogP contribution < -0.4 is 5.73 Å². The van der Waals surface area contributed by atoms with Gasteiger partial charge in [-0.15, -0.1) is 11.3 Å². The van der Waals surface area contributed by atoms with Crippen molar-refractivity contribution in [3.05, 3.63) is 19.8 Å². The zero-order valence-corrected chi connectivity index (χ0v) is 9.50. The Labute approximate surface area is 84.5 Å². The van der Waals surface area contributed by atoms with Gasteiger partial charge in [0.05, 0.1) is 0 Å². The molecule has 1 unspecified atom stereocenters. The van der Waals surface area contributed by atoms with Crippen molar-refractivity contribution in [2.75, 3.05) is 6.54 Å². The maximum absolute atomic E-state index is 9.51. The monoisotopic (exact) mass is 249 g/mol. The molecule has 0 amide bonds. The van der Waals surface area contributed by atoms with Crippen LogP contribution in [0.3, 0.4) is 0 Å². The van der Waals surface area contributed by atoms with Gasteiger partial charge >= 0.3 is 0 Å². The number of rotatable bonds is 2. The van der Waals surface area contributed by atoms with Gasteiger partial charge in [-0.25, -0.2) is 0 Å². The van der Waals surface area contributed by atoms with Gasteiger partial charge in [0.2, 0.25) is 0 Å². The zero-order chi connectivity index (χ0) is 9.30. The van der Waals surface area contributed by atoms with Crippen LogP contribution in [0, 0.1) is 13.8 Å². The fourth-order valence-corrected chi connectivity index (χ4v) is 2.73. The van der Waals surface area contributed by atoms with E-state index in [-0.39, 0.29) is 6.54 Å². The van der Waals surface area contributed by atoms with Crippen LogP contribution in [0.5, 0.6) is 0 Å². The Morgan fingerprint density at radius 1 is 1.58 bits per heavy atom. The summed E-state index contributed by atoms with van der Waals surface area (Å²) in [6.45, 7) is 4.30. The third-order valence-corrected chi connectivity index (χ3v) is 4.56. The molecule has 0 aliphatic rings. The summed E-state index contributed by atoms with van der Waals surface area (Å²) in [6, 6.07) is 0. The van der Waals surface area contributed by atoms with Gasteiger partial charge in [0.25, 0.3) is 0 Å². The second kappa shape index (κ2) is 3.87. The minimum absolute atomic E-state index is 0.285. The summed E-state index contributed by atoms with van der Waals surface area (Å²) >= 11 is 5.05. The molecule has 1 aromatic rings. The molecule has 3 N–H and O–H groups in total. The summed E-state index contributed by atoms with van der Waals surface area (Å²) in [4.78, 5) is 2.16. The number of aliphatic hydroxyl groups is 1. The third kappa shape index (κ3) is 1.71. The van der Waals surface area contributed by atoms with Crippen molar-refractivity contribution in [2.45, 2.75) is 20.0 Å². The Hall–Kier alpha value is 0.100. The predicted octanol–water partition coefficient (Wildman–Crippen LogP) is 2.12. The summed E-state index contributed by atoms with van der Waals surface area (Å²) in [5.41, 5.74) is 6.48. The Balaban J connectivity index is 3.08. The van der Waals surface area contributed by atoms with Gasteiger partial charge in [-0.3, -0.25) is 0 Å². The highest BCUT2D eigenvalue weighted by atomic mass is 79.9. The molecule has 0 aromatic carbocycles. The van der Waals surface area contributed by atoms with Crippen molar-refractivity contribution in [1.29, 1.82) is 0 Å². The van der Waals surface area contributed by atoms with Crippen molar-refractivity contribution >= 4 is 27.3 Å². The summed E-state index contributed by atoms with van der Waals surface area (Å²) in [6.07, 6.45) is -0.514. The van der Waals surface area contributed by atoms with E-state index in [0.717, 1.165) is 14.9 Å². The van der Waals surface area contributed by atoms with Gasteiger partial charge in [-0.2, -0.15) is 0 Å². The molecular formula is C8H12BrNOS. The van der Waals surface area contributed by atoms with E-state index < -0.39 is 6.10 Å². The fraction of sp³-hybridized carbons (Fsp3) is 0.500. The number of halogens is 1. The number of aryl methyl sites for hydroxylation is 1. The molecule has 1 atom stereocenters. The van der Waals surface area contributed by atoms with Gasteiger partial charge in [0, 0.05) is 20.8 Å². The topological polar surface area (TPSA) is 46.2 Å². The van der Waals surface area contributed by atoms with Gasteiger partial charge in [0.1, 0.15) is 6.10 Å². The first-order valence-corrected chi connectivity index (χ1v) is 5.32. The van der Waals surface area contributed by atoms with Crippen molar-refractivity contribution in [1.82, 2.24) is 0 Å². The maximum atomic E-state index is 9.51. The first-order valence-electron chi connectivity index (χ1n) is 3.71. The molecule has 12 heavy (non-hydrogen) atoms. The van der Waals surface area contributed by atoms with E-state index in [1.807, 2.05) is 13.8 Å². The van der Waals surface area contributed by atoms with Crippen LogP contribution in [0.15, 0.2) is 4.47 Å². The van der Waals surface area contributed by atoms with Gasteiger partial charge < -0.3 is 10.8 Å². The van der Waals surface area contributed by atoms with Crippen molar-refractivity contribution in [2.24, 2.45) is 5.73 Å². The van der Waals surface area contributed by atoms with E-state index in [9.17, 15) is 5.11 Å². The Bertz CT molecular complexity index is 285. The summed E-state index contributed by atoms with van der Waals surface area (Å²) in [7, 11) is 0. The van der Waals surface area contributed by atoms with Crippen LogP contribution in [0.1, 0.15) is 21.4 Å². The van der Waals surface area contributed by atoms with Crippen LogP contribution in [0.25, 0.3) is 0 Å². The lowest BCUT2D eigenvalue weighted by atomic mass is 10.2. The lowest BCUT2D eigenvalue weighted by molar-refractivity contribution is 0.190. The highest BCUT2D eigenvalue weighted by Crippen LogP contribution is 2.35. The minimum atomic E-state index is -0.514. The molecule has 1 heterocycles. The number of hydrogen-bond donors (Lipinski definition) is 2. The standard InChI is InChI=1S/C8H12BrNOS/c1-4-7(9)5(2)12-8(4)6(11)3-10/h6,11H,3,10H2,1-2H3. The highest BCUT2D eigenvalue weighted by molar-refractivity contribution is 9.10. The number of thiophene rings is 1. The number of aliphatic hydroxyl groups excluding tert-OH is 1. The van der Waals surface area contributed by atoms with Gasteiger partial charge in [0.15, 0.2) is 0 Å². The molecule has 0 radical (unpaired) electrons. The molecule has 0 aliphatic heterocycles. The molecule has 1 rings (SSSR count). The predicted molar refractivity (Wildman–Crippen MR) is 55.5 cm³/mol. The van der Waals surface area contributed by atoms with Crippen molar-refractivity contribution in [3.63, 3.8) is 0 Å². The molecule has 0 aliphatic carbocycles. The molecule has 0 fully saturated rings. The highest BCUT2D eigenvalue weighted by Gasteiger charge is 2.15. The van der Waals surface area contributed by atoms with Gasteiger partial charge in [-0.05, 0) is 35.3 Å². The normalized spacial score (nSPS) is 13.4. The van der Waals surface area contributed by atoms with E-state index in [2.05, 4.69) is 15.9 Å². The summed E-state index contributed by atoms with van der Waals surface area (Å²) in [5, 5.41) is 9.51. The van der Waals surface area contributed by atoms with Gasteiger partial charge in [-0.1, -0.05) is 0 Å². The van der Waals surface area contributed by atoms with Crippen molar-refractivity contribution < 1.29 is 5.11 Å². The van der Waals surface area contributed by atoms with E-state index in [1.54, 1.807) is 11.3 Å². The average Bonchev–Trinajstić information content (AvgIpc) is 2.32. The smallest absolute Gasteiger partial charge is 0.101 e. The van der Waals surface area contributed by atoms with E-state index in [1.165, 1.54) is 4.88 Å². The summed E-state index contributed by atoms with van der Waals surface area (Å²) < 4.78 is 1.09. The van der Waals surface area contributed by atoms with E-state index in [0.29, 0.717) is 0 Å². The molecule has 0 saturated heterocycles. The lowest BCUT2D eigenvalue weighted by Gasteiger charge is -2.05. The minimum Gasteiger partial charge on any atom is -0.386 e. The Morgan fingerprint density at radius 3 is 2.50 bits per heavy atom. The maximum Gasteiger partial charge on any atom is 0.101 e. The third-order valence-electron chi connectivity index (χ3n) is 1.80. The van der Waals surface area contributed by atoms with E-state index in [4.69, 9.17) is 5.73 Å². The van der Waals surface area contributed by atoms with Crippen LogP contribution in [-0.4, -0.2) is 11.7 Å². The fourth-order valence-electron chi connectivity index (χ4n) is 1.08. The summed E-state index contributed by atoms with van der Waals surface area (Å²) in [5.74, 6) is 0. The van der Waals surface area contributed by atoms with Crippen LogP contribution in [0.2, 0.25) is 0 Å². The molecular weight excluding hydrogens is 238 g/mol. The number of hydrogen-bond acceptors (Lipinski definition) is 3. The SMILES string of the molecule is Cc1sc(C(O)CN)c(C)c1Br. The molecule has 2 nitrogen and oxygen atoms in total. The Kier molecular flexibility index (Phi) is 3.29. The molecule has 0 bridgehead atoms. The first kappa shape index (κ1) is 10.2. The number of nitrogens with two attached hydrogens (primary N) is 1. The average molecular weight is 250 g/mol. The van der Waals surface area contributed by atoms with Crippen LogP contribution >= 0.6 is 27.3 Å². The lowest BCUT2D eigenvalue weighted by Crippen LogP contribution is -2.10. The van der Waals surface area contributed by atoms with Crippen molar-refractivity contribution in [3.8, 4) is 0 Å². The second-order valence-electron chi connectivity index (χ2n) is 2.71. The largest absolute Gasteiger partial charge is 0.386 e.